The van der Waals surface area contributed by atoms with Crippen LogP contribution in [-0.2, 0) is 13.6 Å². The van der Waals surface area contributed by atoms with Crippen molar-refractivity contribution in [2.75, 3.05) is 52.8 Å². The monoisotopic (exact) mass is 423 g/mol. The Bertz CT molecular complexity index is 1090. The Morgan fingerprint density at radius 3 is 2.45 bits per heavy atom. The van der Waals surface area contributed by atoms with E-state index in [1.165, 1.54) is 0 Å². The largest absolute Gasteiger partial charge is 0.493 e. The lowest BCUT2D eigenvalue weighted by molar-refractivity contribution is 0.102. The highest BCUT2D eigenvalue weighted by atomic mass is 16.5. The van der Waals surface area contributed by atoms with E-state index in [1.807, 2.05) is 25.2 Å². The standard InChI is InChI=1S/C23H29N5O3/c1-26-9-11-28(12-10-26)15-22-25-18-7-6-17(14-19(18)27(22)2)24-23(29)16-5-8-20(30-3)21(13-16)31-4/h5-8,13-14H,9-12,15H2,1-4H3,(H,24,29). The van der Waals surface area contributed by atoms with Crippen molar-refractivity contribution in [3.05, 3.63) is 47.8 Å². The van der Waals surface area contributed by atoms with E-state index in [4.69, 9.17) is 14.5 Å². The Labute approximate surface area is 182 Å². The summed E-state index contributed by atoms with van der Waals surface area (Å²) in [6, 6.07) is 10.9. The number of benzene rings is 2. The zero-order valence-corrected chi connectivity index (χ0v) is 18.5. The molecule has 0 atom stereocenters. The first-order valence-electron chi connectivity index (χ1n) is 10.4. The summed E-state index contributed by atoms with van der Waals surface area (Å²) in [7, 11) is 7.30. The van der Waals surface area contributed by atoms with Gasteiger partial charge in [-0.05, 0) is 43.4 Å². The number of fused-ring (bicyclic) bond motifs is 1. The average Bonchev–Trinajstić information content (AvgIpc) is 3.09. The molecule has 0 saturated carbocycles. The molecule has 2 aromatic carbocycles. The number of carbonyl (C=O) groups excluding carboxylic acids is 1. The maximum absolute atomic E-state index is 12.8. The van der Waals surface area contributed by atoms with Crippen LogP contribution < -0.4 is 14.8 Å². The van der Waals surface area contributed by atoms with Gasteiger partial charge in [0.25, 0.3) is 5.91 Å². The minimum absolute atomic E-state index is 0.208. The number of aryl methyl sites for hydroxylation is 1. The van der Waals surface area contributed by atoms with Crippen molar-refractivity contribution < 1.29 is 14.3 Å². The number of nitrogens with zero attached hydrogens (tertiary/aromatic N) is 4. The number of methoxy groups -OCH3 is 2. The second kappa shape index (κ2) is 8.95. The minimum atomic E-state index is -0.208. The molecule has 31 heavy (non-hydrogen) atoms. The van der Waals surface area contributed by atoms with E-state index < -0.39 is 0 Å². The lowest BCUT2D eigenvalue weighted by Gasteiger charge is -2.31. The number of rotatable bonds is 6. The Morgan fingerprint density at radius 2 is 1.74 bits per heavy atom. The Morgan fingerprint density at radius 1 is 1.00 bits per heavy atom. The second-order valence-electron chi connectivity index (χ2n) is 7.89. The molecule has 3 aromatic rings. The van der Waals surface area contributed by atoms with Gasteiger partial charge in [0.2, 0.25) is 0 Å². The topological polar surface area (TPSA) is 71.9 Å². The Kier molecular flexibility index (Phi) is 6.11. The van der Waals surface area contributed by atoms with Gasteiger partial charge in [0, 0.05) is 44.5 Å². The van der Waals surface area contributed by atoms with Crippen LogP contribution in [0.25, 0.3) is 11.0 Å². The van der Waals surface area contributed by atoms with Crippen molar-refractivity contribution >= 4 is 22.6 Å². The van der Waals surface area contributed by atoms with Gasteiger partial charge in [0.15, 0.2) is 11.5 Å². The van der Waals surface area contributed by atoms with Crippen LogP contribution in [0.1, 0.15) is 16.2 Å². The van der Waals surface area contributed by atoms with E-state index in [1.54, 1.807) is 32.4 Å². The van der Waals surface area contributed by atoms with E-state index >= 15 is 0 Å². The molecule has 1 aliphatic heterocycles. The summed E-state index contributed by atoms with van der Waals surface area (Å²) < 4.78 is 12.6. The number of piperazine rings is 1. The molecule has 1 saturated heterocycles. The summed E-state index contributed by atoms with van der Waals surface area (Å²) in [4.78, 5) is 22.3. The second-order valence-corrected chi connectivity index (χ2v) is 7.89. The van der Waals surface area contributed by atoms with Gasteiger partial charge in [-0.1, -0.05) is 0 Å². The first-order chi connectivity index (χ1) is 15.0. The molecule has 4 rings (SSSR count). The van der Waals surface area contributed by atoms with E-state index in [-0.39, 0.29) is 5.91 Å². The van der Waals surface area contributed by atoms with Gasteiger partial charge in [-0.2, -0.15) is 0 Å². The van der Waals surface area contributed by atoms with Gasteiger partial charge >= 0.3 is 0 Å². The van der Waals surface area contributed by atoms with Crippen LogP contribution in [0.5, 0.6) is 11.5 Å². The molecule has 8 heteroatoms. The van der Waals surface area contributed by atoms with Crippen LogP contribution in [0.3, 0.4) is 0 Å². The molecule has 1 fully saturated rings. The molecule has 0 spiro atoms. The summed E-state index contributed by atoms with van der Waals surface area (Å²) in [5, 5.41) is 2.97. The first-order valence-corrected chi connectivity index (χ1v) is 10.4. The third-order valence-corrected chi connectivity index (χ3v) is 5.84. The summed E-state index contributed by atoms with van der Waals surface area (Å²) in [6.07, 6.45) is 0. The van der Waals surface area contributed by atoms with E-state index in [0.717, 1.165) is 55.3 Å². The zero-order chi connectivity index (χ0) is 22.0. The number of amides is 1. The van der Waals surface area contributed by atoms with Crippen molar-refractivity contribution in [1.29, 1.82) is 0 Å². The molecular weight excluding hydrogens is 394 g/mol. The summed E-state index contributed by atoms with van der Waals surface area (Å²) in [6.45, 7) is 5.08. The normalized spacial score (nSPS) is 15.2. The summed E-state index contributed by atoms with van der Waals surface area (Å²) in [5.74, 6) is 1.93. The summed E-state index contributed by atoms with van der Waals surface area (Å²) >= 11 is 0. The van der Waals surface area contributed by atoms with Gasteiger partial charge in [0.05, 0.1) is 31.8 Å². The number of nitrogens with one attached hydrogen (secondary N) is 1. The molecule has 0 radical (unpaired) electrons. The molecule has 8 nitrogen and oxygen atoms in total. The average molecular weight is 424 g/mol. The highest BCUT2D eigenvalue weighted by Gasteiger charge is 2.18. The third kappa shape index (κ3) is 4.50. The smallest absolute Gasteiger partial charge is 0.255 e. The highest BCUT2D eigenvalue weighted by Crippen LogP contribution is 2.28. The van der Waals surface area contributed by atoms with Gasteiger partial charge in [-0.15, -0.1) is 0 Å². The number of hydrogen-bond acceptors (Lipinski definition) is 6. The maximum Gasteiger partial charge on any atom is 0.255 e. The first kappa shape index (κ1) is 21.1. The van der Waals surface area contributed by atoms with Crippen LogP contribution >= 0.6 is 0 Å². The predicted octanol–water partition coefficient (Wildman–Crippen LogP) is 2.59. The molecule has 1 N–H and O–H groups in total. The molecule has 0 aliphatic carbocycles. The Hall–Kier alpha value is -3.10. The fourth-order valence-corrected chi connectivity index (χ4v) is 3.85. The van der Waals surface area contributed by atoms with E-state index in [2.05, 4.69) is 26.7 Å². The van der Waals surface area contributed by atoms with E-state index in [9.17, 15) is 4.79 Å². The number of aromatic nitrogens is 2. The van der Waals surface area contributed by atoms with Gasteiger partial charge < -0.3 is 24.3 Å². The minimum Gasteiger partial charge on any atom is -0.493 e. The van der Waals surface area contributed by atoms with Crippen LogP contribution in [0.4, 0.5) is 5.69 Å². The maximum atomic E-state index is 12.8. The number of hydrogen-bond donors (Lipinski definition) is 1. The van der Waals surface area contributed by atoms with E-state index in [0.29, 0.717) is 17.1 Å². The highest BCUT2D eigenvalue weighted by molar-refractivity contribution is 6.05. The fourth-order valence-electron chi connectivity index (χ4n) is 3.85. The third-order valence-electron chi connectivity index (χ3n) is 5.84. The lowest BCUT2D eigenvalue weighted by Crippen LogP contribution is -2.44. The molecule has 1 aromatic heterocycles. The number of ether oxygens (including phenoxy) is 2. The summed E-state index contributed by atoms with van der Waals surface area (Å²) in [5.41, 5.74) is 3.14. The van der Waals surface area contributed by atoms with Crippen molar-refractivity contribution in [3.8, 4) is 11.5 Å². The van der Waals surface area contributed by atoms with Crippen molar-refractivity contribution in [2.24, 2.45) is 7.05 Å². The molecule has 0 bridgehead atoms. The molecular formula is C23H29N5O3. The van der Waals surface area contributed by atoms with Gasteiger partial charge in [-0.3, -0.25) is 9.69 Å². The number of carbonyl (C=O) groups is 1. The van der Waals surface area contributed by atoms with Crippen LogP contribution in [0, 0.1) is 0 Å². The molecule has 1 aliphatic rings. The molecule has 0 unspecified atom stereocenters. The van der Waals surface area contributed by atoms with Gasteiger partial charge in [0.1, 0.15) is 5.82 Å². The number of anilines is 1. The van der Waals surface area contributed by atoms with Crippen LogP contribution in [0.15, 0.2) is 36.4 Å². The van der Waals surface area contributed by atoms with Crippen molar-refractivity contribution in [3.63, 3.8) is 0 Å². The molecule has 1 amide bonds. The Balaban J connectivity index is 1.51. The van der Waals surface area contributed by atoms with Crippen LogP contribution in [0.2, 0.25) is 0 Å². The number of imidazole rings is 1. The fraction of sp³-hybridized carbons (Fsp3) is 0.391. The number of likely N-dealkylation sites (N-methyl/N-ethyl adjacent to an activating group) is 1. The quantitative estimate of drug-likeness (QED) is 0.657. The lowest BCUT2D eigenvalue weighted by atomic mass is 10.1. The SMILES string of the molecule is COc1ccc(C(=O)Nc2ccc3nc(CN4CCN(C)CC4)n(C)c3c2)cc1OC. The molecule has 2 heterocycles. The van der Waals surface area contributed by atoms with Gasteiger partial charge in [-0.25, -0.2) is 4.98 Å². The predicted molar refractivity (Wildman–Crippen MR) is 121 cm³/mol. The van der Waals surface area contributed by atoms with Crippen LogP contribution in [-0.4, -0.2) is 72.7 Å². The zero-order valence-electron chi connectivity index (χ0n) is 18.5. The van der Waals surface area contributed by atoms with Crippen molar-refractivity contribution in [1.82, 2.24) is 19.4 Å². The van der Waals surface area contributed by atoms with Crippen molar-refractivity contribution in [2.45, 2.75) is 6.54 Å². The molecule has 164 valence electrons.